The van der Waals surface area contributed by atoms with Crippen LogP contribution in [-0.2, 0) is 0 Å². The molecule has 0 aliphatic rings. The van der Waals surface area contributed by atoms with Crippen molar-refractivity contribution in [2.45, 2.75) is 45.4 Å². The van der Waals surface area contributed by atoms with Crippen molar-refractivity contribution < 1.29 is 0 Å². The van der Waals surface area contributed by atoms with E-state index in [9.17, 15) is 0 Å². The van der Waals surface area contributed by atoms with E-state index in [0.29, 0.717) is 0 Å². The van der Waals surface area contributed by atoms with Crippen molar-refractivity contribution in [3.63, 3.8) is 0 Å². The zero-order valence-corrected chi connectivity index (χ0v) is 12.8. The Kier molecular flexibility index (Phi) is 14.5. The van der Waals surface area contributed by atoms with Gasteiger partial charge in [0, 0.05) is 0 Å². The van der Waals surface area contributed by atoms with Crippen molar-refractivity contribution >= 4 is 7.26 Å². The molecule has 0 aromatic carbocycles. The summed E-state index contributed by atoms with van der Waals surface area (Å²) in [6, 6.07) is 0. The van der Waals surface area contributed by atoms with Gasteiger partial charge in [-0.3, -0.25) is 0 Å². The summed E-state index contributed by atoms with van der Waals surface area (Å²) in [4.78, 5) is 0. The molecule has 4 heteroatoms. The smallest absolute Gasteiger partial charge is 0.190 e. The van der Waals surface area contributed by atoms with Crippen LogP contribution in [0.25, 0.3) is 0 Å². The molecule has 3 nitrogen and oxygen atoms in total. The van der Waals surface area contributed by atoms with Crippen molar-refractivity contribution in [2.75, 3.05) is 26.2 Å². The van der Waals surface area contributed by atoms with Gasteiger partial charge in [-0.2, -0.15) is 10.5 Å². The normalized spacial score (nSPS) is 10.5. The van der Waals surface area contributed by atoms with Crippen LogP contribution in [0.5, 0.6) is 0 Å². The summed E-state index contributed by atoms with van der Waals surface area (Å²) in [6.07, 6.45) is 13.0. The van der Waals surface area contributed by atoms with Crippen LogP contribution in [-0.4, -0.2) is 26.2 Å². The van der Waals surface area contributed by atoms with Crippen molar-refractivity contribution in [3.05, 3.63) is 0 Å². The SMILES string of the molecule is CCCCCCCC[PH](C)(C)C.N#CNC#N. The molecule has 0 radical (unpaired) electrons. The molecule has 0 aromatic heterocycles. The van der Waals surface area contributed by atoms with Gasteiger partial charge in [0.1, 0.15) is 0 Å². The van der Waals surface area contributed by atoms with Gasteiger partial charge in [0.2, 0.25) is 0 Å². The third-order valence-corrected chi connectivity index (χ3v) is 4.25. The predicted octanol–water partition coefficient (Wildman–Crippen LogP) is 3.52. The minimum atomic E-state index is -0.726. The molecule has 0 saturated carbocycles. The van der Waals surface area contributed by atoms with Gasteiger partial charge in [0.05, 0.1) is 0 Å². The summed E-state index contributed by atoms with van der Waals surface area (Å²) in [6.45, 7) is 9.69. The van der Waals surface area contributed by atoms with Crippen molar-refractivity contribution in [1.82, 2.24) is 5.32 Å². The number of nitriles is 2. The standard InChI is InChI=1S/C11H27P.C2HN3/c1-5-6-7-8-9-10-11-12(2,3)4;3-1-5-2-4/h12H,5-11H2,1-4H3;5H. The molecule has 0 bridgehead atoms. The average molecular weight is 257 g/mol. The summed E-state index contributed by atoms with van der Waals surface area (Å²) < 4.78 is 0. The van der Waals surface area contributed by atoms with E-state index in [0.717, 1.165) is 0 Å². The second-order valence-corrected chi connectivity index (χ2v) is 11.0. The minimum absolute atomic E-state index is 0.726. The zero-order valence-electron chi connectivity index (χ0n) is 11.8. The number of hydrogen-bond acceptors (Lipinski definition) is 3. The van der Waals surface area contributed by atoms with Crippen LogP contribution in [0.4, 0.5) is 0 Å². The van der Waals surface area contributed by atoms with Crippen molar-refractivity contribution in [3.8, 4) is 12.4 Å². The van der Waals surface area contributed by atoms with Gasteiger partial charge in [-0.15, -0.1) is 0 Å². The molecule has 0 amide bonds. The molecule has 1 N–H and O–H groups in total. The monoisotopic (exact) mass is 257 g/mol. The molecule has 0 saturated heterocycles. The summed E-state index contributed by atoms with van der Waals surface area (Å²) in [5, 5.41) is 16.7. The predicted molar refractivity (Wildman–Crippen MR) is 78.7 cm³/mol. The van der Waals surface area contributed by atoms with Gasteiger partial charge in [-0.05, 0) is 0 Å². The molecule has 0 aliphatic carbocycles. The topological polar surface area (TPSA) is 59.6 Å². The van der Waals surface area contributed by atoms with Gasteiger partial charge in [0.25, 0.3) is 0 Å². The molecule has 100 valence electrons. The number of rotatable bonds is 7. The summed E-state index contributed by atoms with van der Waals surface area (Å²) in [5.41, 5.74) is 0. The Morgan fingerprint density at radius 3 is 1.71 bits per heavy atom. The Labute approximate surface area is 108 Å². The Balaban J connectivity index is 0. The van der Waals surface area contributed by atoms with Gasteiger partial charge in [-0.25, -0.2) is 5.32 Å². The molecule has 0 heterocycles. The van der Waals surface area contributed by atoms with E-state index in [2.05, 4.69) is 26.9 Å². The largest absolute Gasteiger partial charge is 0.229 e. The Bertz CT molecular complexity index is 221. The maximum Gasteiger partial charge on any atom is 0.190 e. The van der Waals surface area contributed by atoms with Crippen LogP contribution >= 0.6 is 7.26 Å². The van der Waals surface area contributed by atoms with Crippen molar-refractivity contribution in [2.24, 2.45) is 0 Å². The average Bonchev–Trinajstić information content (AvgIpc) is 2.24. The van der Waals surface area contributed by atoms with Crippen LogP contribution < -0.4 is 5.32 Å². The number of nitrogens with one attached hydrogen (secondary N) is 1. The third-order valence-electron chi connectivity index (χ3n) is 2.39. The van der Waals surface area contributed by atoms with Crippen molar-refractivity contribution in [1.29, 1.82) is 10.5 Å². The Morgan fingerprint density at radius 2 is 1.35 bits per heavy atom. The Morgan fingerprint density at radius 1 is 0.882 bits per heavy atom. The van der Waals surface area contributed by atoms with E-state index >= 15 is 0 Å². The molecular formula is C13H28N3P. The number of nitrogens with zero attached hydrogens (tertiary/aromatic N) is 2. The summed E-state index contributed by atoms with van der Waals surface area (Å²) in [5.74, 6) is 0. The van der Waals surface area contributed by atoms with E-state index in [4.69, 9.17) is 10.5 Å². The van der Waals surface area contributed by atoms with E-state index in [1.165, 1.54) is 57.1 Å². The van der Waals surface area contributed by atoms with Gasteiger partial charge in [-0.1, -0.05) is 0 Å². The molecule has 0 fully saturated rings. The summed E-state index contributed by atoms with van der Waals surface area (Å²) in [7, 11) is -0.726. The second kappa shape index (κ2) is 13.3. The maximum atomic E-state index is 7.48. The first kappa shape index (κ1) is 18.6. The first-order valence-electron chi connectivity index (χ1n) is 6.51. The second-order valence-electron chi connectivity index (χ2n) is 5.43. The Hall–Kier alpha value is -0.790. The molecule has 0 aromatic rings. The van der Waals surface area contributed by atoms with Gasteiger partial charge >= 0.3 is 78.9 Å². The fourth-order valence-electron chi connectivity index (χ4n) is 1.46. The molecule has 0 aliphatic heterocycles. The zero-order chi connectivity index (χ0) is 13.6. The van der Waals surface area contributed by atoms with E-state index in [-0.39, 0.29) is 0 Å². The van der Waals surface area contributed by atoms with Crippen LogP contribution in [0.3, 0.4) is 0 Å². The maximum absolute atomic E-state index is 7.48. The van der Waals surface area contributed by atoms with E-state index < -0.39 is 7.26 Å². The van der Waals surface area contributed by atoms with Gasteiger partial charge < -0.3 is 0 Å². The quantitative estimate of drug-likeness (QED) is 0.328. The van der Waals surface area contributed by atoms with E-state index in [1.807, 2.05) is 0 Å². The molecule has 0 rings (SSSR count). The molecule has 0 spiro atoms. The first-order chi connectivity index (χ1) is 7.97. The summed E-state index contributed by atoms with van der Waals surface area (Å²) >= 11 is 0. The van der Waals surface area contributed by atoms with Gasteiger partial charge in [0.15, 0.2) is 12.4 Å². The van der Waals surface area contributed by atoms with Crippen LogP contribution in [0.2, 0.25) is 0 Å². The minimum Gasteiger partial charge on any atom is -0.229 e. The fourth-order valence-corrected chi connectivity index (χ4v) is 2.77. The molecule has 0 unspecified atom stereocenters. The fraction of sp³-hybridized carbons (Fsp3) is 0.846. The van der Waals surface area contributed by atoms with E-state index in [1.54, 1.807) is 5.32 Å². The van der Waals surface area contributed by atoms with Crippen LogP contribution in [0.15, 0.2) is 0 Å². The molecule has 0 atom stereocenters. The number of unbranched alkanes of at least 4 members (excludes halogenated alkanes) is 5. The van der Waals surface area contributed by atoms with Crippen LogP contribution in [0.1, 0.15) is 45.4 Å². The molecular weight excluding hydrogens is 229 g/mol. The molecule has 17 heavy (non-hydrogen) atoms. The van der Waals surface area contributed by atoms with Crippen LogP contribution in [0, 0.1) is 22.9 Å². The third kappa shape index (κ3) is 25.5. The first-order valence-corrected chi connectivity index (χ1v) is 10.2. The number of hydrogen-bond donors (Lipinski definition) is 1.